The lowest BCUT2D eigenvalue weighted by Crippen LogP contribution is -2.30. The first kappa shape index (κ1) is 12.6. The van der Waals surface area contributed by atoms with E-state index in [-0.39, 0.29) is 0 Å². The van der Waals surface area contributed by atoms with Crippen LogP contribution in [-0.2, 0) is 6.54 Å². The maximum atomic E-state index is 4.21. The van der Waals surface area contributed by atoms with Gasteiger partial charge in [0.05, 0.1) is 12.0 Å². The fourth-order valence-electron chi connectivity index (χ4n) is 2.39. The average Bonchev–Trinajstić information content (AvgIpc) is 2.95. The molecule has 0 spiro atoms. The molecule has 0 bridgehead atoms. The maximum Gasteiger partial charge on any atom is 0.0951 e. The molecule has 4 heteroatoms. The first-order chi connectivity index (χ1) is 8.27. The van der Waals surface area contributed by atoms with Crippen LogP contribution in [0.3, 0.4) is 0 Å². The van der Waals surface area contributed by atoms with Crippen LogP contribution in [0.2, 0.25) is 0 Å². The van der Waals surface area contributed by atoms with Crippen molar-refractivity contribution in [1.29, 1.82) is 0 Å². The van der Waals surface area contributed by atoms with E-state index in [1.54, 1.807) is 0 Å². The van der Waals surface area contributed by atoms with Gasteiger partial charge in [-0.05, 0) is 39.8 Å². The van der Waals surface area contributed by atoms with Gasteiger partial charge in [0.15, 0.2) is 0 Å². The minimum Gasteiger partial charge on any atom is -0.331 e. The Balaban J connectivity index is 1.68. The van der Waals surface area contributed by atoms with E-state index in [1.807, 2.05) is 12.5 Å². The Labute approximate surface area is 104 Å². The number of rotatable bonds is 6. The molecule has 0 atom stereocenters. The quantitative estimate of drug-likeness (QED) is 0.762. The Morgan fingerprint density at radius 3 is 2.82 bits per heavy atom. The molecule has 1 saturated heterocycles. The minimum atomic E-state index is 0.493. The molecule has 1 aliphatic rings. The van der Waals surface area contributed by atoms with E-state index in [0.717, 1.165) is 13.1 Å². The van der Waals surface area contributed by atoms with Crippen LogP contribution in [0.5, 0.6) is 0 Å². The van der Waals surface area contributed by atoms with Crippen molar-refractivity contribution in [3.63, 3.8) is 0 Å². The zero-order chi connectivity index (χ0) is 12.1. The molecule has 0 unspecified atom stereocenters. The van der Waals surface area contributed by atoms with E-state index >= 15 is 0 Å². The second kappa shape index (κ2) is 6.17. The Morgan fingerprint density at radius 2 is 2.12 bits per heavy atom. The third-order valence-corrected chi connectivity index (χ3v) is 3.41. The molecule has 1 fully saturated rings. The molecule has 1 aliphatic heterocycles. The zero-order valence-corrected chi connectivity index (χ0v) is 11.0. The predicted molar refractivity (Wildman–Crippen MR) is 70.0 cm³/mol. The molecule has 17 heavy (non-hydrogen) atoms. The van der Waals surface area contributed by atoms with Crippen molar-refractivity contribution in [1.82, 2.24) is 19.8 Å². The summed E-state index contributed by atoms with van der Waals surface area (Å²) in [5.41, 5.74) is 1.28. The Bertz CT molecular complexity index is 326. The molecule has 2 heterocycles. The van der Waals surface area contributed by atoms with Crippen LogP contribution in [0.1, 0.15) is 38.4 Å². The average molecular weight is 236 g/mol. The minimum absolute atomic E-state index is 0.493. The fourth-order valence-corrected chi connectivity index (χ4v) is 2.39. The molecular weight excluding hydrogens is 212 g/mol. The number of hydrogen-bond donors (Lipinski definition) is 1. The highest BCUT2D eigenvalue weighted by Crippen LogP contribution is 2.08. The molecular formula is C13H24N4. The Hall–Kier alpha value is -0.870. The number of aromatic nitrogens is 2. The summed E-state index contributed by atoms with van der Waals surface area (Å²) in [5, 5.41) is 3.51. The molecule has 0 radical (unpaired) electrons. The van der Waals surface area contributed by atoms with Crippen LogP contribution in [-0.4, -0.2) is 40.6 Å². The summed E-state index contributed by atoms with van der Waals surface area (Å²) < 4.78 is 2.23. The lowest BCUT2D eigenvalue weighted by molar-refractivity contribution is 0.335. The molecule has 1 N–H and O–H groups in total. The van der Waals surface area contributed by atoms with Gasteiger partial charge < -0.3 is 14.8 Å². The number of imidazole rings is 1. The van der Waals surface area contributed by atoms with Gasteiger partial charge in [-0.1, -0.05) is 0 Å². The van der Waals surface area contributed by atoms with Crippen molar-refractivity contribution in [3.8, 4) is 0 Å². The maximum absolute atomic E-state index is 4.21. The van der Waals surface area contributed by atoms with Crippen LogP contribution in [0.25, 0.3) is 0 Å². The SMILES string of the molecule is CC(C)n1cncc1CNCCN1CCCC1. The van der Waals surface area contributed by atoms with E-state index in [1.165, 1.54) is 38.2 Å². The summed E-state index contributed by atoms with van der Waals surface area (Å²) in [6.45, 7) is 10.1. The van der Waals surface area contributed by atoms with Crippen LogP contribution < -0.4 is 5.32 Å². The van der Waals surface area contributed by atoms with Crippen molar-refractivity contribution >= 4 is 0 Å². The first-order valence-corrected chi connectivity index (χ1v) is 6.71. The lowest BCUT2D eigenvalue weighted by Gasteiger charge is -2.16. The Kier molecular flexibility index (Phi) is 4.57. The number of likely N-dealkylation sites (tertiary alicyclic amines) is 1. The second-order valence-electron chi connectivity index (χ2n) is 5.11. The monoisotopic (exact) mass is 236 g/mol. The Morgan fingerprint density at radius 1 is 1.35 bits per heavy atom. The van der Waals surface area contributed by atoms with Gasteiger partial charge in [-0.2, -0.15) is 0 Å². The highest BCUT2D eigenvalue weighted by molar-refractivity contribution is 4.99. The highest BCUT2D eigenvalue weighted by Gasteiger charge is 2.10. The van der Waals surface area contributed by atoms with Crippen molar-refractivity contribution < 1.29 is 0 Å². The van der Waals surface area contributed by atoms with Gasteiger partial charge >= 0.3 is 0 Å². The van der Waals surface area contributed by atoms with Crippen molar-refractivity contribution in [3.05, 3.63) is 18.2 Å². The topological polar surface area (TPSA) is 33.1 Å². The van der Waals surface area contributed by atoms with Crippen LogP contribution in [0, 0.1) is 0 Å². The summed E-state index contributed by atoms with van der Waals surface area (Å²) in [6.07, 6.45) is 6.63. The summed E-state index contributed by atoms with van der Waals surface area (Å²) >= 11 is 0. The smallest absolute Gasteiger partial charge is 0.0951 e. The van der Waals surface area contributed by atoms with Crippen LogP contribution in [0.15, 0.2) is 12.5 Å². The van der Waals surface area contributed by atoms with Gasteiger partial charge in [0.2, 0.25) is 0 Å². The van der Waals surface area contributed by atoms with Gasteiger partial charge in [0.25, 0.3) is 0 Å². The molecule has 1 aromatic rings. The van der Waals surface area contributed by atoms with E-state index in [0.29, 0.717) is 6.04 Å². The summed E-state index contributed by atoms with van der Waals surface area (Å²) in [5.74, 6) is 0. The molecule has 0 saturated carbocycles. The number of hydrogen-bond acceptors (Lipinski definition) is 3. The number of nitrogens with zero attached hydrogens (tertiary/aromatic N) is 3. The third kappa shape index (κ3) is 3.54. The van der Waals surface area contributed by atoms with E-state index < -0.39 is 0 Å². The van der Waals surface area contributed by atoms with E-state index in [4.69, 9.17) is 0 Å². The van der Waals surface area contributed by atoms with Crippen molar-refractivity contribution in [2.75, 3.05) is 26.2 Å². The van der Waals surface area contributed by atoms with E-state index in [9.17, 15) is 0 Å². The van der Waals surface area contributed by atoms with Gasteiger partial charge in [0.1, 0.15) is 0 Å². The third-order valence-electron chi connectivity index (χ3n) is 3.41. The molecule has 1 aromatic heterocycles. The van der Waals surface area contributed by atoms with E-state index in [2.05, 4.69) is 33.6 Å². The standard InChI is InChI=1S/C13H24N4/c1-12(2)17-11-15-10-13(17)9-14-5-8-16-6-3-4-7-16/h10-12,14H,3-9H2,1-2H3. The molecule has 2 rings (SSSR count). The summed E-state index contributed by atoms with van der Waals surface area (Å²) in [4.78, 5) is 6.75. The lowest BCUT2D eigenvalue weighted by atomic mass is 10.3. The fraction of sp³-hybridized carbons (Fsp3) is 0.769. The normalized spacial score (nSPS) is 17.1. The van der Waals surface area contributed by atoms with Gasteiger partial charge in [-0.25, -0.2) is 4.98 Å². The largest absolute Gasteiger partial charge is 0.331 e. The summed E-state index contributed by atoms with van der Waals surface area (Å²) in [7, 11) is 0. The summed E-state index contributed by atoms with van der Waals surface area (Å²) in [6, 6.07) is 0.493. The molecule has 0 aromatic carbocycles. The molecule has 0 amide bonds. The molecule has 4 nitrogen and oxygen atoms in total. The molecule has 96 valence electrons. The second-order valence-corrected chi connectivity index (χ2v) is 5.11. The molecule has 0 aliphatic carbocycles. The van der Waals surface area contributed by atoms with Crippen molar-refractivity contribution in [2.45, 2.75) is 39.3 Å². The highest BCUT2D eigenvalue weighted by atomic mass is 15.2. The van der Waals surface area contributed by atoms with Crippen molar-refractivity contribution in [2.24, 2.45) is 0 Å². The van der Waals surface area contributed by atoms with Crippen LogP contribution >= 0.6 is 0 Å². The van der Waals surface area contributed by atoms with Gasteiger partial charge in [-0.15, -0.1) is 0 Å². The zero-order valence-electron chi connectivity index (χ0n) is 11.0. The van der Waals surface area contributed by atoms with Gasteiger partial charge in [0, 0.05) is 31.9 Å². The predicted octanol–water partition coefficient (Wildman–Crippen LogP) is 1.65. The van der Waals surface area contributed by atoms with Gasteiger partial charge in [-0.3, -0.25) is 0 Å². The first-order valence-electron chi connectivity index (χ1n) is 6.71. The van der Waals surface area contributed by atoms with Crippen LogP contribution in [0.4, 0.5) is 0 Å². The number of nitrogens with one attached hydrogen (secondary N) is 1.